The lowest BCUT2D eigenvalue weighted by Crippen LogP contribution is -2.03. The molecule has 4 heteroatoms. The number of ether oxygens (including phenoxy) is 1. The van der Waals surface area contributed by atoms with E-state index in [9.17, 15) is 13.6 Å². The molecule has 0 bridgehead atoms. The Bertz CT molecular complexity index is 646. The van der Waals surface area contributed by atoms with Gasteiger partial charge in [-0.3, -0.25) is 4.79 Å². The van der Waals surface area contributed by atoms with Crippen molar-refractivity contribution < 1.29 is 18.3 Å². The van der Waals surface area contributed by atoms with E-state index in [1.807, 2.05) is 0 Å². The fourth-order valence-electron chi connectivity index (χ4n) is 1.87. The highest BCUT2D eigenvalue weighted by atomic mass is 19.2. The van der Waals surface area contributed by atoms with Gasteiger partial charge in [-0.25, -0.2) is 8.78 Å². The monoisotopic (exact) mass is 274 g/mol. The van der Waals surface area contributed by atoms with E-state index in [0.29, 0.717) is 17.4 Å². The van der Waals surface area contributed by atoms with Crippen molar-refractivity contribution in [3.63, 3.8) is 0 Å². The summed E-state index contributed by atoms with van der Waals surface area (Å²) in [5, 5.41) is 0. The van der Waals surface area contributed by atoms with Crippen molar-refractivity contribution in [2.75, 3.05) is 0 Å². The molecular weight excluding hydrogens is 262 g/mol. The van der Waals surface area contributed by atoms with Crippen LogP contribution >= 0.6 is 0 Å². The van der Waals surface area contributed by atoms with Gasteiger partial charge >= 0.3 is 0 Å². The van der Waals surface area contributed by atoms with Gasteiger partial charge in [0.1, 0.15) is 5.75 Å². The fourth-order valence-corrected chi connectivity index (χ4v) is 1.87. The van der Waals surface area contributed by atoms with Crippen molar-refractivity contribution >= 4 is 5.78 Å². The van der Waals surface area contributed by atoms with Crippen LogP contribution in [0.15, 0.2) is 42.5 Å². The molecule has 0 N–H and O–H groups in total. The second kappa shape index (κ2) is 5.04. The Morgan fingerprint density at radius 2 is 1.60 bits per heavy atom. The molecule has 2 aromatic rings. The summed E-state index contributed by atoms with van der Waals surface area (Å²) < 4.78 is 31.5. The molecule has 0 saturated heterocycles. The highest BCUT2D eigenvalue weighted by Crippen LogP contribution is 2.27. The van der Waals surface area contributed by atoms with Crippen LogP contribution in [0, 0.1) is 11.6 Å². The lowest BCUT2D eigenvalue weighted by molar-refractivity contribution is 0.103. The van der Waals surface area contributed by atoms with Gasteiger partial charge in [0.25, 0.3) is 0 Å². The Balaban J connectivity index is 1.80. The number of carbonyl (C=O) groups excluding carboxylic acids is 1. The van der Waals surface area contributed by atoms with Crippen molar-refractivity contribution in [1.29, 1.82) is 0 Å². The molecule has 0 unspecified atom stereocenters. The van der Waals surface area contributed by atoms with Crippen LogP contribution < -0.4 is 4.74 Å². The second-order valence-corrected chi connectivity index (χ2v) is 4.80. The van der Waals surface area contributed by atoms with Crippen molar-refractivity contribution in [3.8, 4) is 5.75 Å². The van der Waals surface area contributed by atoms with Gasteiger partial charge in [0.2, 0.25) is 0 Å². The zero-order chi connectivity index (χ0) is 14.1. The maximum absolute atomic E-state index is 13.1. The number of hydrogen-bond donors (Lipinski definition) is 0. The zero-order valence-corrected chi connectivity index (χ0v) is 10.6. The third kappa shape index (κ3) is 2.69. The van der Waals surface area contributed by atoms with E-state index < -0.39 is 11.6 Å². The van der Waals surface area contributed by atoms with E-state index in [1.54, 1.807) is 24.3 Å². The summed E-state index contributed by atoms with van der Waals surface area (Å²) in [7, 11) is 0. The Morgan fingerprint density at radius 1 is 0.950 bits per heavy atom. The molecule has 3 rings (SSSR count). The van der Waals surface area contributed by atoms with Crippen LogP contribution in [-0.2, 0) is 0 Å². The molecule has 0 heterocycles. The van der Waals surface area contributed by atoms with Crippen molar-refractivity contribution in [2.24, 2.45) is 0 Å². The van der Waals surface area contributed by atoms with Gasteiger partial charge in [-0.05, 0) is 55.3 Å². The van der Waals surface area contributed by atoms with Crippen LogP contribution in [0.1, 0.15) is 28.8 Å². The van der Waals surface area contributed by atoms with Crippen LogP contribution in [0.3, 0.4) is 0 Å². The molecule has 0 aliphatic heterocycles. The molecule has 0 atom stereocenters. The smallest absolute Gasteiger partial charge is 0.193 e. The lowest BCUT2D eigenvalue weighted by Gasteiger charge is -2.06. The minimum atomic E-state index is -1.02. The highest BCUT2D eigenvalue weighted by Gasteiger charge is 2.23. The average molecular weight is 274 g/mol. The molecule has 0 spiro atoms. The zero-order valence-electron chi connectivity index (χ0n) is 10.6. The number of halogens is 2. The number of carbonyl (C=O) groups is 1. The first-order chi connectivity index (χ1) is 9.63. The van der Waals surface area contributed by atoms with Crippen LogP contribution in [0.5, 0.6) is 5.75 Å². The highest BCUT2D eigenvalue weighted by molar-refractivity contribution is 6.09. The number of rotatable bonds is 4. The lowest BCUT2D eigenvalue weighted by atomic mass is 10.0. The maximum Gasteiger partial charge on any atom is 0.193 e. The summed E-state index contributed by atoms with van der Waals surface area (Å²) in [6.07, 6.45) is 2.42. The molecule has 1 aliphatic rings. The van der Waals surface area contributed by atoms with Gasteiger partial charge in [0.05, 0.1) is 6.10 Å². The van der Waals surface area contributed by atoms with Crippen molar-refractivity contribution in [1.82, 2.24) is 0 Å². The van der Waals surface area contributed by atoms with E-state index in [-0.39, 0.29) is 11.3 Å². The Kier molecular flexibility index (Phi) is 3.22. The number of benzene rings is 2. The Labute approximate surface area is 115 Å². The molecule has 102 valence electrons. The molecule has 2 aromatic carbocycles. The molecule has 1 saturated carbocycles. The quantitative estimate of drug-likeness (QED) is 0.794. The first-order valence-corrected chi connectivity index (χ1v) is 6.40. The van der Waals surface area contributed by atoms with Crippen LogP contribution in [0.2, 0.25) is 0 Å². The topological polar surface area (TPSA) is 26.3 Å². The van der Waals surface area contributed by atoms with E-state index in [4.69, 9.17) is 4.74 Å². The third-order valence-corrected chi connectivity index (χ3v) is 3.13. The Morgan fingerprint density at radius 3 is 2.20 bits per heavy atom. The molecule has 2 nitrogen and oxygen atoms in total. The van der Waals surface area contributed by atoms with Gasteiger partial charge in [-0.15, -0.1) is 0 Å². The van der Waals surface area contributed by atoms with Gasteiger partial charge in [0.15, 0.2) is 17.4 Å². The second-order valence-electron chi connectivity index (χ2n) is 4.80. The SMILES string of the molecule is O=C(c1ccc(OC2CC2)cc1)c1ccc(F)c(F)c1. The molecular formula is C16H12F2O2. The van der Waals surface area contributed by atoms with E-state index in [1.165, 1.54) is 6.07 Å². The largest absolute Gasteiger partial charge is 0.490 e. The normalized spacial score (nSPS) is 14.1. The van der Waals surface area contributed by atoms with Crippen molar-refractivity contribution in [2.45, 2.75) is 18.9 Å². The van der Waals surface area contributed by atoms with E-state index in [2.05, 4.69) is 0 Å². The minimum absolute atomic E-state index is 0.125. The molecule has 0 radical (unpaired) electrons. The van der Waals surface area contributed by atoms with Gasteiger partial charge in [-0.1, -0.05) is 0 Å². The molecule has 1 fully saturated rings. The summed E-state index contributed by atoms with van der Waals surface area (Å²) in [5.74, 6) is -1.62. The third-order valence-electron chi connectivity index (χ3n) is 3.13. The van der Waals surface area contributed by atoms with Crippen molar-refractivity contribution in [3.05, 3.63) is 65.2 Å². The van der Waals surface area contributed by atoms with Crippen LogP contribution in [0.4, 0.5) is 8.78 Å². The van der Waals surface area contributed by atoms with E-state index in [0.717, 1.165) is 25.0 Å². The average Bonchev–Trinajstić information content (AvgIpc) is 3.26. The fraction of sp³-hybridized carbons (Fsp3) is 0.188. The maximum atomic E-state index is 13.1. The Hall–Kier alpha value is -2.23. The summed E-state index contributed by atoms with van der Waals surface area (Å²) in [5.41, 5.74) is 0.541. The standard InChI is InChI=1S/C16H12F2O2/c17-14-8-3-11(9-15(14)18)16(19)10-1-4-12(5-2-10)20-13-6-7-13/h1-5,8-9,13H,6-7H2. The number of ketones is 1. The van der Waals surface area contributed by atoms with Gasteiger partial charge < -0.3 is 4.74 Å². The van der Waals surface area contributed by atoms with Gasteiger partial charge in [-0.2, -0.15) is 0 Å². The predicted octanol–water partition coefficient (Wildman–Crippen LogP) is 3.74. The molecule has 1 aliphatic carbocycles. The predicted molar refractivity (Wildman–Crippen MR) is 69.9 cm³/mol. The van der Waals surface area contributed by atoms with Gasteiger partial charge in [0, 0.05) is 11.1 Å². The first kappa shape index (κ1) is 12.8. The molecule has 0 amide bonds. The van der Waals surface area contributed by atoms with Crippen LogP contribution in [-0.4, -0.2) is 11.9 Å². The van der Waals surface area contributed by atoms with E-state index >= 15 is 0 Å². The van der Waals surface area contributed by atoms with Crippen LogP contribution in [0.25, 0.3) is 0 Å². The first-order valence-electron chi connectivity index (χ1n) is 6.40. The molecule has 0 aromatic heterocycles. The summed E-state index contributed by atoms with van der Waals surface area (Å²) in [6, 6.07) is 9.81. The minimum Gasteiger partial charge on any atom is -0.490 e. The summed E-state index contributed by atoms with van der Waals surface area (Å²) >= 11 is 0. The number of hydrogen-bond acceptors (Lipinski definition) is 2. The molecule has 20 heavy (non-hydrogen) atoms. The summed E-state index contributed by atoms with van der Waals surface area (Å²) in [6.45, 7) is 0. The summed E-state index contributed by atoms with van der Waals surface area (Å²) in [4.78, 5) is 12.1.